The molecule has 0 aliphatic carbocycles. The Kier molecular flexibility index (Phi) is 4.28. The van der Waals surface area contributed by atoms with Crippen LogP contribution in [-0.4, -0.2) is 30.7 Å². The van der Waals surface area contributed by atoms with E-state index in [1.807, 2.05) is 0 Å². The number of carbonyl (C=O) groups is 1. The quantitative estimate of drug-likeness (QED) is 0.826. The maximum absolute atomic E-state index is 13.8. The number of hydrogen-bond donors (Lipinski definition) is 1. The van der Waals surface area contributed by atoms with E-state index in [0.717, 1.165) is 17.2 Å². The molecule has 0 radical (unpaired) electrons. The first-order chi connectivity index (χ1) is 10.2. The summed E-state index contributed by atoms with van der Waals surface area (Å²) in [4.78, 5) is 12.8. The maximum atomic E-state index is 13.8. The van der Waals surface area contributed by atoms with Crippen LogP contribution >= 0.6 is 11.6 Å². The smallest absolute Gasteiger partial charge is 0.434 e. The lowest BCUT2D eigenvalue weighted by Crippen LogP contribution is -2.51. The molecule has 0 spiro atoms. The van der Waals surface area contributed by atoms with Gasteiger partial charge >= 0.3 is 12.2 Å². The number of amides is 2. The third-order valence-electron chi connectivity index (χ3n) is 3.33. The molecule has 1 N–H and O–H groups in total. The molecule has 0 saturated carbocycles. The Hall–Kier alpha value is -1.89. The van der Waals surface area contributed by atoms with Gasteiger partial charge in [-0.2, -0.15) is 13.2 Å². The lowest BCUT2D eigenvalue weighted by Gasteiger charge is -2.36. The van der Waals surface area contributed by atoms with Gasteiger partial charge in [-0.05, 0) is 25.1 Å². The number of fused-ring (bicyclic) bond motifs is 1. The van der Waals surface area contributed by atoms with E-state index in [0.29, 0.717) is 0 Å². The van der Waals surface area contributed by atoms with Crippen LogP contribution in [0.1, 0.15) is 12.5 Å². The largest absolute Gasteiger partial charge is 0.479 e. The van der Waals surface area contributed by atoms with Gasteiger partial charge in [0.25, 0.3) is 0 Å². The monoisotopic (exact) mass is 334 g/mol. The summed E-state index contributed by atoms with van der Waals surface area (Å²) in [7, 11) is 1.27. The van der Waals surface area contributed by atoms with E-state index in [1.165, 1.54) is 32.2 Å². The summed E-state index contributed by atoms with van der Waals surface area (Å²) in [5.41, 5.74) is -2.92. The van der Waals surface area contributed by atoms with Crippen molar-refractivity contribution >= 4 is 23.3 Å². The average Bonchev–Trinajstić information content (AvgIpc) is 2.53. The van der Waals surface area contributed by atoms with Crippen molar-refractivity contribution in [2.75, 3.05) is 18.9 Å². The van der Waals surface area contributed by atoms with E-state index in [4.69, 9.17) is 16.3 Å². The predicted octanol–water partition coefficient (Wildman–Crippen LogP) is 4.13. The maximum Gasteiger partial charge on any atom is 0.434 e. The van der Waals surface area contributed by atoms with Crippen LogP contribution in [0.4, 0.5) is 23.7 Å². The molecular weight excluding hydrogens is 321 g/mol. The Morgan fingerprint density at radius 1 is 1.45 bits per heavy atom. The number of anilines is 1. The fourth-order valence-electron chi connectivity index (χ4n) is 2.26. The predicted molar refractivity (Wildman–Crippen MR) is 76.7 cm³/mol. The molecule has 0 unspecified atom stereocenters. The average molecular weight is 335 g/mol. The van der Waals surface area contributed by atoms with Crippen LogP contribution in [0.15, 0.2) is 30.5 Å². The Morgan fingerprint density at radius 3 is 2.73 bits per heavy atom. The minimum Gasteiger partial charge on any atom is -0.479 e. The molecule has 8 heteroatoms. The summed E-state index contributed by atoms with van der Waals surface area (Å²) in [6.45, 7) is 0.840. The van der Waals surface area contributed by atoms with Gasteiger partial charge in [-0.15, -0.1) is 0 Å². The Morgan fingerprint density at radius 2 is 2.14 bits per heavy atom. The zero-order valence-electron chi connectivity index (χ0n) is 11.9. The van der Waals surface area contributed by atoms with Crippen molar-refractivity contribution in [1.82, 2.24) is 4.90 Å². The van der Waals surface area contributed by atoms with Crippen LogP contribution in [0.5, 0.6) is 0 Å². The van der Waals surface area contributed by atoms with Crippen molar-refractivity contribution in [3.05, 3.63) is 41.1 Å². The fraction of sp³-hybridized carbons (Fsp3) is 0.357. The number of urea groups is 1. The van der Waals surface area contributed by atoms with E-state index in [2.05, 4.69) is 5.32 Å². The normalized spacial score (nSPS) is 22.3. The van der Waals surface area contributed by atoms with E-state index < -0.39 is 24.4 Å². The molecule has 1 aromatic rings. The van der Waals surface area contributed by atoms with E-state index in [1.54, 1.807) is 0 Å². The Labute approximate surface area is 130 Å². The number of rotatable bonds is 2. The van der Waals surface area contributed by atoms with E-state index in [-0.39, 0.29) is 16.3 Å². The highest BCUT2D eigenvalue weighted by molar-refractivity contribution is 6.30. The minimum absolute atomic E-state index is 0.0144. The van der Waals surface area contributed by atoms with Crippen molar-refractivity contribution in [2.24, 2.45) is 0 Å². The molecule has 4 nitrogen and oxygen atoms in total. The standard InChI is InChI=1S/C14H14ClF3N2O2/c1-3-6-22-13(14(16,17)18)8-20(2)12(21)19-11-5-4-9(15)7-10(11)13/h3-7H,8H2,1-2H3,(H,19,21)/t13-/m0/s1. The van der Waals surface area contributed by atoms with E-state index in [9.17, 15) is 18.0 Å². The number of halogens is 4. The lowest BCUT2D eigenvalue weighted by atomic mass is 9.91. The number of ether oxygens (including phenoxy) is 1. The second-order valence-corrected chi connectivity index (χ2v) is 5.32. The van der Waals surface area contributed by atoms with Crippen molar-refractivity contribution in [1.29, 1.82) is 0 Å². The molecular formula is C14H14ClF3N2O2. The summed E-state index contributed by atoms with van der Waals surface area (Å²) in [5, 5.41) is 2.55. The van der Waals surface area contributed by atoms with Gasteiger partial charge in [0.05, 0.1) is 18.5 Å². The molecule has 0 fully saturated rings. The SMILES string of the molecule is CC=CO[C@@]1(C(F)(F)F)CN(C)C(=O)Nc2ccc(Cl)cc21. The Bertz CT molecular complexity index is 619. The van der Waals surface area contributed by atoms with Gasteiger partial charge in [0.15, 0.2) is 0 Å². The van der Waals surface area contributed by atoms with Gasteiger partial charge in [0.1, 0.15) is 0 Å². The van der Waals surface area contributed by atoms with Crippen LogP contribution in [-0.2, 0) is 10.3 Å². The molecule has 0 saturated heterocycles. The first kappa shape index (κ1) is 16.5. The minimum atomic E-state index is -4.76. The number of nitrogens with one attached hydrogen (secondary N) is 1. The highest BCUT2D eigenvalue weighted by atomic mass is 35.5. The molecule has 1 aromatic carbocycles. The van der Waals surface area contributed by atoms with Crippen molar-refractivity contribution in [3.8, 4) is 0 Å². The molecule has 0 bridgehead atoms. The van der Waals surface area contributed by atoms with Gasteiger partial charge in [0.2, 0.25) is 5.60 Å². The summed E-state index contributed by atoms with van der Waals surface area (Å²) >= 11 is 5.85. The van der Waals surface area contributed by atoms with Crippen LogP contribution in [0.2, 0.25) is 5.02 Å². The number of hydrogen-bond acceptors (Lipinski definition) is 2. The van der Waals surface area contributed by atoms with Gasteiger partial charge in [-0.25, -0.2) is 4.79 Å². The van der Waals surface area contributed by atoms with Crippen LogP contribution < -0.4 is 5.32 Å². The summed E-state index contributed by atoms with van der Waals surface area (Å²) < 4.78 is 46.6. The topological polar surface area (TPSA) is 41.6 Å². The molecule has 1 atom stereocenters. The molecule has 0 aromatic heterocycles. The number of nitrogens with zero attached hydrogens (tertiary/aromatic N) is 1. The summed E-state index contributed by atoms with van der Waals surface area (Å²) in [5.74, 6) is 0. The van der Waals surface area contributed by atoms with E-state index >= 15 is 0 Å². The van der Waals surface area contributed by atoms with Gasteiger partial charge in [0, 0.05) is 17.6 Å². The molecule has 1 aliphatic rings. The van der Waals surface area contributed by atoms with Crippen LogP contribution in [0, 0.1) is 0 Å². The second kappa shape index (κ2) is 5.72. The third kappa shape index (κ3) is 2.72. The zero-order chi connectivity index (χ0) is 16.5. The molecule has 2 rings (SSSR count). The molecule has 1 heterocycles. The Balaban J connectivity index is 2.73. The lowest BCUT2D eigenvalue weighted by molar-refractivity contribution is -0.270. The van der Waals surface area contributed by atoms with Crippen LogP contribution in [0.3, 0.4) is 0 Å². The molecule has 2 amide bonds. The number of allylic oxidation sites excluding steroid dienone is 1. The molecule has 22 heavy (non-hydrogen) atoms. The zero-order valence-corrected chi connectivity index (χ0v) is 12.6. The van der Waals surface area contributed by atoms with Crippen LogP contribution in [0.25, 0.3) is 0 Å². The first-order valence-electron chi connectivity index (χ1n) is 6.39. The highest BCUT2D eigenvalue weighted by Gasteiger charge is 2.61. The summed E-state index contributed by atoms with van der Waals surface area (Å²) in [6.07, 6.45) is -2.45. The molecule has 1 aliphatic heterocycles. The molecule has 120 valence electrons. The highest BCUT2D eigenvalue weighted by Crippen LogP contribution is 2.47. The van der Waals surface area contributed by atoms with Gasteiger partial charge < -0.3 is 15.0 Å². The second-order valence-electron chi connectivity index (χ2n) is 4.89. The van der Waals surface area contributed by atoms with Crippen molar-refractivity contribution in [3.63, 3.8) is 0 Å². The number of alkyl halides is 3. The van der Waals surface area contributed by atoms with Crippen molar-refractivity contribution < 1.29 is 22.7 Å². The van der Waals surface area contributed by atoms with Crippen molar-refractivity contribution in [2.45, 2.75) is 18.7 Å². The number of carbonyl (C=O) groups excluding carboxylic acids is 1. The summed E-state index contributed by atoms with van der Waals surface area (Å²) in [6, 6.07) is 3.24. The number of benzene rings is 1. The van der Waals surface area contributed by atoms with Gasteiger partial charge in [-0.3, -0.25) is 0 Å². The fourth-order valence-corrected chi connectivity index (χ4v) is 2.43. The van der Waals surface area contributed by atoms with Gasteiger partial charge in [-0.1, -0.05) is 17.7 Å². The third-order valence-corrected chi connectivity index (χ3v) is 3.56. The first-order valence-corrected chi connectivity index (χ1v) is 6.77. The number of likely N-dealkylation sites (N-methyl/N-ethyl adjacent to an activating group) is 1.